The van der Waals surface area contributed by atoms with E-state index in [2.05, 4.69) is 11.9 Å². The molecule has 2 rings (SSSR count). The molecule has 7 heteroatoms. The molecule has 1 heterocycles. The quantitative estimate of drug-likeness (QED) is 0.684. The zero-order valence-electron chi connectivity index (χ0n) is 13.3. The lowest BCUT2D eigenvalue weighted by Gasteiger charge is -2.17. The largest absolute Gasteiger partial charge is 0.495 e. The number of methoxy groups -OCH3 is 1. The van der Waals surface area contributed by atoms with E-state index in [1.54, 1.807) is 25.3 Å². The lowest BCUT2D eigenvalue weighted by Crippen LogP contribution is -3.11. The van der Waals surface area contributed by atoms with E-state index in [4.69, 9.17) is 27.9 Å². The minimum atomic E-state index is -0.0873. The van der Waals surface area contributed by atoms with E-state index in [1.165, 1.54) is 11.3 Å². The molecule has 0 saturated carbocycles. The van der Waals surface area contributed by atoms with Gasteiger partial charge in [0.15, 0.2) is 6.54 Å². The van der Waals surface area contributed by atoms with Gasteiger partial charge in [-0.2, -0.15) is 0 Å². The fourth-order valence-corrected chi connectivity index (χ4v) is 3.70. The van der Waals surface area contributed by atoms with Crippen molar-refractivity contribution in [3.8, 4) is 5.75 Å². The van der Waals surface area contributed by atoms with Crippen molar-refractivity contribution < 1.29 is 14.4 Å². The molecule has 0 radical (unpaired) electrons. The van der Waals surface area contributed by atoms with E-state index >= 15 is 0 Å². The monoisotopic (exact) mass is 385 g/mol. The topological polar surface area (TPSA) is 42.8 Å². The van der Waals surface area contributed by atoms with Crippen molar-refractivity contribution in [3.63, 3.8) is 0 Å². The van der Waals surface area contributed by atoms with Crippen molar-refractivity contribution in [2.75, 3.05) is 25.5 Å². The summed E-state index contributed by atoms with van der Waals surface area (Å²) in [4.78, 5) is 14.5. The van der Waals surface area contributed by atoms with Crippen molar-refractivity contribution in [1.29, 1.82) is 0 Å². The second-order valence-corrected chi connectivity index (χ2v) is 7.41. The number of thiophene rings is 1. The molecular formula is C17H19Cl2N2O2S+. The Labute approximate surface area is 155 Å². The molecule has 2 aromatic rings. The number of carbonyl (C=O) groups is 1. The van der Waals surface area contributed by atoms with E-state index in [0.717, 1.165) is 20.7 Å². The molecule has 24 heavy (non-hydrogen) atoms. The number of anilines is 1. The van der Waals surface area contributed by atoms with Crippen LogP contribution in [0, 0.1) is 0 Å². The maximum Gasteiger partial charge on any atom is 0.279 e. The van der Waals surface area contributed by atoms with Crippen LogP contribution in [0.4, 0.5) is 5.69 Å². The molecule has 1 aromatic heterocycles. The van der Waals surface area contributed by atoms with Gasteiger partial charge in [-0.15, -0.1) is 11.3 Å². The second-order valence-electron chi connectivity index (χ2n) is 5.20. The third kappa shape index (κ3) is 5.53. The molecule has 4 nitrogen and oxygen atoms in total. The van der Waals surface area contributed by atoms with Crippen LogP contribution in [0.3, 0.4) is 0 Å². The molecule has 1 unspecified atom stereocenters. The van der Waals surface area contributed by atoms with E-state index in [-0.39, 0.29) is 5.91 Å². The highest BCUT2D eigenvalue weighted by Crippen LogP contribution is 2.27. The second kappa shape index (κ2) is 9.08. The fourth-order valence-electron chi connectivity index (χ4n) is 2.28. The predicted molar refractivity (Wildman–Crippen MR) is 101 cm³/mol. The smallest absolute Gasteiger partial charge is 0.279 e. The van der Waals surface area contributed by atoms with Crippen molar-refractivity contribution >= 4 is 46.1 Å². The van der Waals surface area contributed by atoms with E-state index in [1.807, 2.05) is 18.2 Å². The van der Waals surface area contributed by atoms with Gasteiger partial charge in [-0.3, -0.25) is 4.79 Å². The van der Waals surface area contributed by atoms with Crippen LogP contribution in [0.2, 0.25) is 9.36 Å². The Morgan fingerprint density at radius 1 is 1.38 bits per heavy atom. The summed E-state index contributed by atoms with van der Waals surface area (Å²) in [7, 11) is 1.55. The summed E-state index contributed by atoms with van der Waals surface area (Å²) in [5, 5.41) is 3.31. The summed E-state index contributed by atoms with van der Waals surface area (Å²) in [5.74, 6) is 0.485. The summed E-state index contributed by atoms with van der Waals surface area (Å²) in [5.41, 5.74) is 0.642. The highest BCUT2D eigenvalue weighted by Gasteiger charge is 2.15. The Balaban J connectivity index is 1.97. The lowest BCUT2D eigenvalue weighted by atomic mass is 10.3. The zero-order chi connectivity index (χ0) is 17.5. The maximum atomic E-state index is 12.3. The molecule has 1 atom stereocenters. The Bertz CT molecular complexity index is 718. The average molecular weight is 386 g/mol. The summed E-state index contributed by atoms with van der Waals surface area (Å²) < 4.78 is 5.85. The van der Waals surface area contributed by atoms with Crippen LogP contribution >= 0.6 is 34.5 Å². The standard InChI is InChI=1S/C17H18Cl2N2O2S/c1-3-8-21(10-13-5-7-16(19)24-13)11-17(22)20-12-4-6-15(23-2)14(18)9-12/h3-7,9H,1,8,10-11H2,2H3,(H,20,22)/p+1. The van der Waals surface area contributed by atoms with Crippen molar-refractivity contribution in [2.24, 2.45) is 0 Å². The van der Waals surface area contributed by atoms with Crippen LogP contribution < -0.4 is 15.0 Å². The molecule has 128 valence electrons. The van der Waals surface area contributed by atoms with Gasteiger partial charge in [0, 0.05) is 5.69 Å². The number of ether oxygens (including phenoxy) is 1. The van der Waals surface area contributed by atoms with Crippen LogP contribution in [-0.4, -0.2) is 26.1 Å². The first kappa shape index (κ1) is 18.8. The third-order valence-corrected chi connectivity index (χ3v) is 4.86. The van der Waals surface area contributed by atoms with Crippen LogP contribution in [0.1, 0.15) is 4.88 Å². The molecule has 0 aliphatic carbocycles. The number of rotatable bonds is 8. The van der Waals surface area contributed by atoms with Gasteiger partial charge < -0.3 is 15.0 Å². The highest BCUT2D eigenvalue weighted by atomic mass is 35.5. The van der Waals surface area contributed by atoms with Gasteiger partial charge in [0.25, 0.3) is 5.91 Å². The SMILES string of the molecule is C=CC[NH+](CC(=O)Nc1ccc(OC)c(Cl)c1)Cc1ccc(Cl)s1. The highest BCUT2D eigenvalue weighted by molar-refractivity contribution is 7.16. The maximum absolute atomic E-state index is 12.3. The molecule has 2 N–H and O–H groups in total. The normalized spacial score (nSPS) is 11.8. The van der Waals surface area contributed by atoms with Crippen molar-refractivity contribution in [3.05, 3.63) is 57.2 Å². The van der Waals surface area contributed by atoms with Crippen LogP contribution in [0.25, 0.3) is 0 Å². The van der Waals surface area contributed by atoms with Crippen LogP contribution in [0.15, 0.2) is 43.0 Å². The molecular weight excluding hydrogens is 367 g/mol. The lowest BCUT2D eigenvalue weighted by molar-refractivity contribution is -0.899. The van der Waals surface area contributed by atoms with Gasteiger partial charge in [-0.05, 0) is 36.4 Å². The van der Waals surface area contributed by atoms with E-state index in [9.17, 15) is 4.79 Å². The number of hydrogen-bond donors (Lipinski definition) is 2. The van der Waals surface area contributed by atoms with Gasteiger partial charge in [0.1, 0.15) is 12.3 Å². The molecule has 1 aromatic carbocycles. The first-order valence-electron chi connectivity index (χ1n) is 7.34. The zero-order valence-corrected chi connectivity index (χ0v) is 15.6. The third-order valence-electron chi connectivity index (χ3n) is 3.33. The molecule has 0 aliphatic heterocycles. The number of carbonyl (C=O) groups excluding carboxylic acids is 1. The van der Waals surface area contributed by atoms with Crippen molar-refractivity contribution in [1.82, 2.24) is 0 Å². The van der Waals surface area contributed by atoms with Gasteiger partial charge in [-0.25, -0.2) is 0 Å². The van der Waals surface area contributed by atoms with Crippen LogP contribution in [-0.2, 0) is 11.3 Å². The molecule has 0 fully saturated rings. The summed E-state index contributed by atoms with van der Waals surface area (Å²) in [6.45, 7) is 5.50. The first-order valence-corrected chi connectivity index (χ1v) is 8.91. The Kier molecular flexibility index (Phi) is 7.12. The summed E-state index contributed by atoms with van der Waals surface area (Å²) >= 11 is 13.6. The van der Waals surface area contributed by atoms with Gasteiger partial charge >= 0.3 is 0 Å². The van der Waals surface area contributed by atoms with Gasteiger partial charge in [0.2, 0.25) is 0 Å². The number of nitrogens with one attached hydrogen (secondary N) is 2. The number of benzene rings is 1. The van der Waals surface area contributed by atoms with E-state index < -0.39 is 0 Å². The van der Waals surface area contributed by atoms with Crippen molar-refractivity contribution in [2.45, 2.75) is 6.54 Å². The average Bonchev–Trinajstić information content (AvgIpc) is 2.92. The summed E-state index contributed by atoms with van der Waals surface area (Å²) in [6.07, 6.45) is 1.81. The molecule has 0 saturated heterocycles. The fraction of sp³-hybridized carbons (Fsp3) is 0.235. The number of quaternary nitrogens is 1. The van der Waals surface area contributed by atoms with Crippen LogP contribution in [0.5, 0.6) is 5.75 Å². The van der Waals surface area contributed by atoms with E-state index in [0.29, 0.717) is 29.5 Å². The predicted octanol–water partition coefficient (Wildman–Crippen LogP) is 3.27. The van der Waals surface area contributed by atoms with Gasteiger partial charge in [-0.1, -0.05) is 29.8 Å². The number of amides is 1. The molecule has 0 aliphatic rings. The Morgan fingerprint density at radius 3 is 2.75 bits per heavy atom. The minimum Gasteiger partial charge on any atom is -0.495 e. The molecule has 0 bridgehead atoms. The minimum absolute atomic E-state index is 0.0873. The number of hydrogen-bond acceptors (Lipinski definition) is 3. The summed E-state index contributed by atoms with van der Waals surface area (Å²) in [6, 6.07) is 9.00. The first-order chi connectivity index (χ1) is 11.5. The molecule has 0 spiro atoms. The van der Waals surface area contributed by atoms with Gasteiger partial charge in [0.05, 0.1) is 27.9 Å². The Hall–Kier alpha value is -1.53. The molecule has 1 amide bonds. The number of halogens is 2. The Morgan fingerprint density at radius 2 is 2.17 bits per heavy atom.